The molecule has 0 aliphatic carbocycles. The lowest BCUT2D eigenvalue weighted by atomic mass is 10.1. The third-order valence-corrected chi connectivity index (χ3v) is 3.56. The summed E-state index contributed by atoms with van der Waals surface area (Å²) in [7, 11) is 1.55. The second kappa shape index (κ2) is 7.35. The normalized spacial score (nSPS) is 11.2. The molecule has 0 saturated carbocycles. The van der Waals surface area contributed by atoms with E-state index < -0.39 is 0 Å². The summed E-state index contributed by atoms with van der Waals surface area (Å²) < 4.78 is 6.67. The van der Waals surface area contributed by atoms with Gasteiger partial charge in [-0.15, -0.1) is 5.10 Å². The average molecular weight is 336 g/mol. The van der Waals surface area contributed by atoms with Crippen LogP contribution in [0, 0.1) is 0 Å². The predicted octanol–water partition coefficient (Wildman–Crippen LogP) is 1.82. The molecule has 1 heterocycles. The van der Waals surface area contributed by atoms with Crippen LogP contribution in [0.5, 0.6) is 5.75 Å². The van der Waals surface area contributed by atoms with Crippen LogP contribution in [0.4, 0.5) is 0 Å². The molecule has 126 valence electrons. The van der Waals surface area contributed by atoms with Crippen molar-refractivity contribution in [2.24, 2.45) is 5.10 Å². The standard InChI is InChI=1S/C17H16N6O2/c1-12(13-6-8-15(9-7-13)23-11-18-21-22-23)19-20-17(24)14-4-3-5-16(10-14)25-2/h3-11H,1-2H3,(H,20,24)/b19-12+. The lowest BCUT2D eigenvalue weighted by Gasteiger charge is -2.05. The molecule has 0 aliphatic rings. The summed E-state index contributed by atoms with van der Waals surface area (Å²) >= 11 is 0. The van der Waals surface area contributed by atoms with Crippen molar-refractivity contribution >= 4 is 11.6 Å². The maximum atomic E-state index is 12.2. The number of aromatic nitrogens is 4. The minimum Gasteiger partial charge on any atom is -0.497 e. The van der Waals surface area contributed by atoms with Crippen molar-refractivity contribution in [1.82, 2.24) is 25.6 Å². The molecule has 0 radical (unpaired) electrons. The van der Waals surface area contributed by atoms with Gasteiger partial charge in [0.15, 0.2) is 0 Å². The summed E-state index contributed by atoms with van der Waals surface area (Å²) in [6.45, 7) is 1.82. The minimum atomic E-state index is -0.302. The van der Waals surface area contributed by atoms with E-state index in [0.717, 1.165) is 11.3 Å². The van der Waals surface area contributed by atoms with Crippen LogP contribution < -0.4 is 10.2 Å². The SMILES string of the molecule is COc1cccc(C(=O)N/N=C(\C)c2ccc(-n3cnnn3)cc2)c1. The van der Waals surface area contributed by atoms with Gasteiger partial charge in [0.25, 0.3) is 5.91 Å². The van der Waals surface area contributed by atoms with E-state index >= 15 is 0 Å². The van der Waals surface area contributed by atoms with Crippen LogP contribution in [0.3, 0.4) is 0 Å². The molecule has 8 heteroatoms. The summed E-state index contributed by atoms with van der Waals surface area (Å²) in [4.78, 5) is 12.2. The van der Waals surface area contributed by atoms with E-state index in [1.54, 1.807) is 36.1 Å². The minimum absolute atomic E-state index is 0.302. The highest BCUT2D eigenvalue weighted by molar-refractivity contribution is 6.01. The van der Waals surface area contributed by atoms with Gasteiger partial charge in [0.1, 0.15) is 12.1 Å². The molecule has 3 aromatic rings. The summed E-state index contributed by atoms with van der Waals surface area (Å²) in [6, 6.07) is 14.4. The quantitative estimate of drug-likeness (QED) is 0.566. The number of nitrogens with zero attached hydrogens (tertiary/aromatic N) is 5. The zero-order chi connectivity index (χ0) is 17.6. The number of amides is 1. The van der Waals surface area contributed by atoms with Gasteiger partial charge in [-0.1, -0.05) is 18.2 Å². The summed E-state index contributed by atoms with van der Waals surface area (Å²) in [6.07, 6.45) is 1.52. The van der Waals surface area contributed by atoms with E-state index in [-0.39, 0.29) is 5.91 Å². The van der Waals surface area contributed by atoms with Crippen LogP contribution in [0.15, 0.2) is 60.0 Å². The zero-order valence-corrected chi connectivity index (χ0v) is 13.7. The molecule has 0 spiro atoms. The summed E-state index contributed by atoms with van der Waals surface area (Å²) in [5.41, 5.74) is 5.42. The summed E-state index contributed by atoms with van der Waals surface area (Å²) in [5.74, 6) is 0.315. The van der Waals surface area contributed by atoms with Gasteiger partial charge in [-0.05, 0) is 53.2 Å². The van der Waals surface area contributed by atoms with Crippen molar-refractivity contribution in [2.75, 3.05) is 7.11 Å². The molecule has 8 nitrogen and oxygen atoms in total. The number of nitrogens with one attached hydrogen (secondary N) is 1. The molecule has 0 fully saturated rings. The molecule has 0 saturated heterocycles. The highest BCUT2D eigenvalue weighted by Gasteiger charge is 2.06. The third-order valence-electron chi connectivity index (χ3n) is 3.56. The molecule has 25 heavy (non-hydrogen) atoms. The van der Waals surface area contributed by atoms with Gasteiger partial charge in [-0.2, -0.15) is 5.10 Å². The molecule has 0 unspecified atom stereocenters. The molecule has 1 N–H and O–H groups in total. The Kier molecular flexibility index (Phi) is 4.79. The van der Waals surface area contributed by atoms with Crippen molar-refractivity contribution < 1.29 is 9.53 Å². The Morgan fingerprint density at radius 2 is 1.96 bits per heavy atom. The Morgan fingerprint density at radius 1 is 1.16 bits per heavy atom. The first-order valence-corrected chi connectivity index (χ1v) is 7.50. The fourth-order valence-corrected chi connectivity index (χ4v) is 2.16. The third kappa shape index (κ3) is 3.86. The van der Waals surface area contributed by atoms with Crippen molar-refractivity contribution in [3.63, 3.8) is 0 Å². The maximum absolute atomic E-state index is 12.2. The average Bonchev–Trinajstić information content (AvgIpc) is 3.20. The fourth-order valence-electron chi connectivity index (χ4n) is 2.16. The van der Waals surface area contributed by atoms with Crippen molar-refractivity contribution in [3.8, 4) is 11.4 Å². The van der Waals surface area contributed by atoms with Crippen molar-refractivity contribution in [3.05, 3.63) is 66.0 Å². The molecule has 0 aliphatic heterocycles. The molecule has 0 bridgehead atoms. The Balaban J connectivity index is 1.69. The van der Waals surface area contributed by atoms with Gasteiger partial charge in [-0.25, -0.2) is 10.1 Å². The topological polar surface area (TPSA) is 94.3 Å². The van der Waals surface area contributed by atoms with Gasteiger partial charge < -0.3 is 4.74 Å². The van der Waals surface area contributed by atoms with E-state index in [1.807, 2.05) is 31.2 Å². The number of ether oxygens (including phenoxy) is 1. The Bertz CT molecular complexity index is 888. The second-order valence-corrected chi connectivity index (χ2v) is 5.17. The maximum Gasteiger partial charge on any atom is 0.271 e. The monoisotopic (exact) mass is 336 g/mol. The molecule has 2 aromatic carbocycles. The largest absolute Gasteiger partial charge is 0.497 e. The fraction of sp³-hybridized carbons (Fsp3) is 0.118. The Morgan fingerprint density at radius 3 is 2.64 bits per heavy atom. The predicted molar refractivity (Wildman–Crippen MR) is 91.8 cm³/mol. The van der Waals surface area contributed by atoms with Crippen molar-refractivity contribution in [2.45, 2.75) is 6.92 Å². The lowest BCUT2D eigenvalue weighted by molar-refractivity contribution is 0.0954. The first-order valence-electron chi connectivity index (χ1n) is 7.50. The molecule has 3 rings (SSSR count). The lowest BCUT2D eigenvalue weighted by Crippen LogP contribution is -2.19. The number of carbonyl (C=O) groups excluding carboxylic acids is 1. The van der Waals surface area contributed by atoms with E-state index in [9.17, 15) is 4.79 Å². The van der Waals surface area contributed by atoms with Crippen LogP contribution in [-0.2, 0) is 0 Å². The molecule has 1 amide bonds. The molecule has 0 atom stereocenters. The van der Waals surface area contributed by atoms with Crippen molar-refractivity contribution in [1.29, 1.82) is 0 Å². The zero-order valence-electron chi connectivity index (χ0n) is 13.7. The van der Waals surface area contributed by atoms with Crippen LogP contribution >= 0.6 is 0 Å². The van der Waals surface area contributed by atoms with Crippen LogP contribution in [0.25, 0.3) is 5.69 Å². The van der Waals surface area contributed by atoms with Gasteiger partial charge in [0.2, 0.25) is 0 Å². The smallest absolute Gasteiger partial charge is 0.271 e. The molecular formula is C17H16N6O2. The number of methoxy groups -OCH3 is 1. The van der Waals surface area contributed by atoms with E-state index in [1.165, 1.54) is 6.33 Å². The van der Waals surface area contributed by atoms with Gasteiger partial charge >= 0.3 is 0 Å². The Labute approximate surface area is 144 Å². The van der Waals surface area contributed by atoms with Gasteiger partial charge in [0.05, 0.1) is 18.5 Å². The molecule has 1 aromatic heterocycles. The number of hydrogen-bond acceptors (Lipinski definition) is 6. The van der Waals surface area contributed by atoms with Gasteiger partial charge in [-0.3, -0.25) is 4.79 Å². The highest BCUT2D eigenvalue weighted by Crippen LogP contribution is 2.12. The molecular weight excluding hydrogens is 320 g/mol. The van der Waals surface area contributed by atoms with E-state index in [2.05, 4.69) is 26.1 Å². The van der Waals surface area contributed by atoms with Crippen LogP contribution in [-0.4, -0.2) is 38.9 Å². The highest BCUT2D eigenvalue weighted by atomic mass is 16.5. The number of hydrogen-bond donors (Lipinski definition) is 1. The van der Waals surface area contributed by atoms with Gasteiger partial charge in [0, 0.05) is 5.56 Å². The number of tetrazole rings is 1. The van der Waals surface area contributed by atoms with Crippen LogP contribution in [0.2, 0.25) is 0 Å². The first-order chi connectivity index (χ1) is 12.2. The summed E-state index contributed by atoms with van der Waals surface area (Å²) in [5, 5.41) is 15.2. The van der Waals surface area contributed by atoms with E-state index in [0.29, 0.717) is 17.0 Å². The number of carbonyl (C=O) groups is 1. The number of rotatable bonds is 5. The number of hydrazone groups is 1. The van der Waals surface area contributed by atoms with E-state index in [4.69, 9.17) is 4.74 Å². The Hall–Kier alpha value is -3.55. The number of benzene rings is 2. The first kappa shape index (κ1) is 16.3. The second-order valence-electron chi connectivity index (χ2n) is 5.17. The van der Waals surface area contributed by atoms with Crippen LogP contribution in [0.1, 0.15) is 22.8 Å².